The summed E-state index contributed by atoms with van der Waals surface area (Å²) in [6, 6.07) is 1.62. The molecule has 2 rings (SSSR count). The molecule has 6 nitrogen and oxygen atoms in total. The van der Waals surface area contributed by atoms with Gasteiger partial charge in [-0.3, -0.25) is 0 Å². The van der Waals surface area contributed by atoms with Crippen molar-refractivity contribution in [3.63, 3.8) is 0 Å². The molecule has 2 aromatic rings. The first-order valence-corrected chi connectivity index (χ1v) is 6.15. The minimum Gasteiger partial charge on any atom is -0.481 e. The molecule has 0 bridgehead atoms. The van der Waals surface area contributed by atoms with Crippen LogP contribution in [0, 0.1) is 6.92 Å². The fourth-order valence-corrected chi connectivity index (χ4v) is 2.06. The predicted octanol–water partition coefficient (Wildman–Crippen LogP) is 1.87. The molecule has 0 aliphatic heterocycles. The minimum atomic E-state index is 0.457. The fourth-order valence-electron chi connectivity index (χ4n) is 1.33. The number of thiazole rings is 1. The van der Waals surface area contributed by atoms with Gasteiger partial charge in [0, 0.05) is 11.1 Å². The molecule has 0 aliphatic rings. The molecule has 0 saturated heterocycles. The number of aryl methyl sites for hydroxylation is 1. The molecule has 2 aromatic heterocycles. The van der Waals surface area contributed by atoms with Gasteiger partial charge in [-0.25, -0.2) is 4.98 Å². The Hall–Kier alpha value is -1.89. The van der Waals surface area contributed by atoms with Crippen LogP contribution < -0.4 is 14.8 Å². The van der Waals surface area contributed by atoms with Crippen LogP contribution in [0.3, 0.4) is 0 Å². The number of methoxy groups -OCH3 is 2. The second-order valence-electron chi connectivity index (χ2n) is 3.49. The molecule has 0 aliphatic carbocycles. The van der Waals surface area contributed by atoms with E-state index in [-0.39, 0.29) is 0 Å². The van der Waals surface area contributed by atoms with Crippen LogP contribution in [0.25, 0.3) is 0 Å². The Balaban J connectivity index is 2.08. The number of nitrogens with zero attached hydrogens (tertiary/aromatic N) is 3. The van der Waals surface area contributed by atoms with Crippen molar-refractivity contribution < 1.29 is 9.47 Å². The molecule has 18 heavy (non-hydrogen) atoms. The molecule has 0 spiro atoms. The third-order valence-electron chi connectivity index (χ3n) is 2.16. The second kappa shape index (κ2) is 5.63. The van der Waals surface area contributed by atoms with E-state index in [4.69, 9.17) is 9.47 Å². The summed E-state index contributed by atoms with van der Waals surface area (Å²) in [5.74, 6) is 1.37. The number of aromatic nitrogens is 3. The molecule has 0 unspecified atom stereocenters. The highest BCUT2D eigenvalue weighted by molar-refractivity contribution is 7.11. The highest BCUT2D eigenvalue weighted by Gasteiger charge is 2.06. The lowest BCUT2D eigenvalue weighted by Crippen LogP contribution is -2.05. The largest absolute Gasteiger partial charge is 0.481 e. The molecule has 0 aromatic carbocycles. The zero-order chi connectivity index (χ0) is 13.0. The zero-order valence-electron chi connectivity index (χ0n) is 10.4. The van der Waals surface area contributed by atoms with Gasteiger partial charge in [0.1, 0.15) is 5.01 Å². The second-order valence-corrected chi connectivity index (χ2v) is 4.81. The van der Waals surface area contributed by atoms with E-state index < -0.39 is 0 Å². The average Bonchev–Trinajstić information content (AvgIpc) is 2.81. The first kappa shape index (κ1) is 12.6. The van der Waals surface area contributed by atoms with Crippen molar-refractivity contribution in [3.8, 4) is 11.8 Å². The highest BCUT2D eigenvalue weighted by Crippen LogP contribution is 2.18. The van der Waals surface area contributed by atoms with Gasteiger partial charge in [-0.05, 0) is 6.92 Å². The van der Waals surface area contributed by atoms with Crippen molar-refractivity contribution in [3.05, 3.63) is 22.1 Å². The third-order valence-corrected chi connectivity index (χ3v) is 3.08. The molecule has 0 radical (unpaired) electrons. The van der Waals surface area contributed by atoms with E-state index in [2.05, 4.69) is 20.3 Å². The van der Waals surface area contributed by atoms with E-state index in [1.807, 2.05) is 13.1 Å². The van der Waals surface area contributed by atoms with Crippen LogP contribution in [-0.2, 0) is 6.54 Å². The van der Waals surface area contributed by atoms with E-state index in [1.165, 1.54) is 4.88 Å². The average molecular weight is 266 g/mol. The van der Waals surface area contributed by atoms with Crippen molar-refractivity contribution in [2.45, 2.75) is 13.5 Å². The lowest BCUT2D eigenvalue weighted by molar-refractivity contribution is 0.373. The number of anilines is 1. The quantitative estimate of drug-likeness (QED) is 0.891. The standard InChI is InChI=1S/C11H14N4O2S/c1-7-5-12-10(18-7)6-13-11-14-8(16-2)4-9(15-11)17-3/h4-5H,6H2,1-3H3,(H,13,14,15). The van der Waals surface area contributed by atoms with E-state index >= 15 is 0 Å². The Morgan fingerprint density at radius 3 is 2.39 bits per heavy atom. The van der Waals surface area contributed by atoms with Crippen molar-refractivity contribution in [1.29, 1.82) is 0 Å². The van der Waals surface area contributed by atoms with E-state index in [0.29, 0.717) is 24.3 Å². The Bertz CT molecular complexity index is 507. The molecule has 0 amide bonds. The van der Waals surface area contributed by atoms with Gasteiger partial charge in [-0.1, -0.05) is 0 Å². The maximum atomic E-state index is 5.07. The predicted molar refractivity (Wildman–Crippen MR) is 69.3 cm³/mol. The van der Waals surface area contributed by atoms with Gasteiger partial charge >= 0.3 is 0 Å². The third kappa shape index (κ3) is 3.07. The SMILES string of the molecule is COc1cc(OC)nc(NCc2ncc(C)s2)n1. The molecular formula is C11H14N4O2S. The van der Waals surface area contributed by atoms with E-state index in [0.717, 1.165) is 5.01 Å². The lowest BCUT2D eigenvalue weighted by Gasteiger charge is -2.07. The molecular weight excluding hydrogens is 252 g/mol. The summed E-state index contributed by atoms with van der Waals surface area (Å²) in [6.07, 6.45) is 1.84. The summed E-state index contributed by atoms with van der Waals surface area (Å²) in [7, 11) is 3.10. The molecule has 2 heterocycles. The van der Waals surface area contributed by atoms with Crippen molar-refractivity contribution >= 4 is 17.3 Å². The van der Waals surface area contributed by atoms with E-state index in [9.17, 15) is 0 Å². The summed E-state index contributed by atoms with van der Waals surface area (Å²) in [5, 5.41) is 4.07. The van der Waals surface area contributed by atoms with Crippen LogP contribution in [0.5, 0.6) is 11.8 Å². The van der Waals surface area contributed by atoms with Crippen LogP contribution in [-0.4, -0.2) is 29.2 Å². The van der Waals surface area contributed by atoms with Crippen molar-refractivity contribution in [2.75, 3.05) is 19.5 Å². The number of hydrogen-bond acceptors (Lipinski definition) is 7. The van der Waals surface area contributed by atoms with Crippen molar-refractivity contribution in [2.24, 2.45) is 0 Å². The van der Waals surface area contributed by atoms with Crippen LogP contribution in [0.1, 0.15) is 9.88 Å². The highest BCUT2D eigenvalue weighted by atomic mass is 32.1. The molecule has 0 saturated carbocycles. The normalized spacial score (nSPS) is 10.2. The fraction of sp³-hybridized carbons (Fsp3) is 0.364. The van der Waals surface area contributed by atoms with Gasteiger partial charge in [-0.2, -0.15) is 9.97 Å². The van der Waals surface area contributed by atoms with E-state index in [1.54, 1.807) is 31.6 Å². The summed E-state index contributed by atoms with van der Waals surface area (Å²) in [4.78, 5) is 13.8. The summed E-state index contributed by atoms with van der Waals surface area (Å²) >= 11 is 1.64. The van der Waals surface area contributed by atoms with Gasteiger partial charge in [0.25, 0.3) is 0 Å². The maximum absolute atomic E-state index is 5.07. The first-order chi connectivity index (χ1) is 8.71. The zero-order valence-corrected chi connectivity index (χ0v) is 11.2. The van der Waals surface area contributed by atoms with Crippen LogP contribution in [0.4, 0.5) is 5.95 Å². The van der Waals surface area contributed by atoms with Crippen LogP contribution in [0.2, 0.25) is 0 Å². The monoisotopic (exact) mass is 266 g/mol. The Morgan fingerprint density at radius 1 is 1.22 bits per heavy atom. The van der Waals surface area contributed by atoms with Crippen LogP contribution >= 0.6 is 11.3 Å². The van der Waals surface area contributed by atoms with Gasteiger partial charge in [0.15, 0.2) is 0 Å². The van der Waals surface area contributed by atoms with Gasteiger partial charge < -0.3 is 14.8 Å². The van der Waals surface area contributed by atoms with Gasteiger partial charge in [-0.15, -0.1) is 11.3 Å². The van der Waals surface area contributed by atoms with Gasteiger partial charge in [0.2, 0.25) is 17.7 Å². The Morgan fingerprint density at radius 2 is 1.89 bits per heavy atom. The number of hydrogen-bond donors (Lipinski definition) is 1. The number of ether oxygens (including phenoxy) is 2. The smallest absolute Gasteiger partial charge is 0.229 e. The first-order valence-electron chi connectivity index (χ1n) is 5.33. The number of rotatable bonds is 5. The summed E-state index contributed by atoms with van der Waals surface area (Å²) in [5.41, 5.74) is 0. The molecule has 7 heteroatoms. The molecule has 0 fully saturated rings. The Kier molecular flexibility index (Phi) is 3.93. The number of nitrogens with one attached hydrogen (secondary N) is 1. The lowest BCUT2D eigenvalue weighted by atomic mass is 10.6. The topological polar surface area (TPSA) is 69.2 Å². The van der Waals surface area contributed by atoms with Crippen LogP contribution in [0.15, 0.2) is 12.3 Å². The summed E-state index contributed by atoms with van der Waals surface area (Å²) in [6.45, 7) is 2.60. The molecule has 96 valence electrons. The molecule has 1 N–H and O–H groups in total. The Labute approximate surface area is 109 Å². The van der Waals surface area contributed by atoms with Gasteiger partial charge in [0.05, 0.1) is 26.8 Å². The van der Waals surface area contributed by atoms with Crippen molar-refractivity contribution in [1.82, 2.24) is 15.0 Å². The summed E-state index contributed by atoms with van der Waals surface area (Å²) < 4.78 is 10.1. The minimum absolute atomic E-state index is 0.457. The molecule has 0 atom stereocenters. The maximum Gasteiger partial charge on any atom is 0.229 e.